The van der Waals surface area contributed by atoms with Crippen LogP contribution in [0.4, 0.5) is 0 Å². The van der Waals surface area contributed by atoms with Crippen molar-refractivity contribution in [1.82, 2.24) is 5.32 Å². The average Bonchev–Trinajstić information content (AvgIpc) is 2.93. The Bertz CT molecular complexity index is 500. The lowest BCUT2D eigenvalue weighted by atomic mass is 10.1. The fraction of sp³-hybridized carbons (Fsp3) is 0.571. The van der Waals surface area contributed by atoms with E-state index in [2.05, 4.69) is 12.2 Å². The van der Waals surface area contributed by atoms with Crippen molar-refractivity contribution >= 4 is 11.9 Å². The zero-order valence-corrected chi connectivity index (χ0v) is 11.3. The van der Waals surface area contributed by atoms with Crippen molar-refractivity contribution in [3.05, 3.63) is 23.2 Å². The standard InChI is InChI=1S/C14H19NO4/c1-9-8-19-10(7-11(16)17)12(9)13(18)15-6-5-14(2)3-4-14/h8H,3-7H2,1-2H3,(H,15,18)(H,16,17). The zero-order chi connectivity index (χ0) is 14.0. The van der Waals surface area contributed by atoms with E-state index < -0.39 is 5.97 Å². The molecule has 1 aliphatic rings. The van der Waals surface area contributed by atoms with Gasteiger partial charge in [-0.2, -0.15) is 0 Å². The smallest absolute Gasteiger partial charge is 0.311 e. The highest BCUT2D eigenvalue weighted by atomic mass is 16.4. The molecule has 5 heteroatoms. The van der Waals surface area contributed by atoms with Crippen LogP contribution in [-0.4, -0.2) is 23.5 Å². The minimum Gasteiger partial charge on any atom is -0.481 e. The fourth-order valence-electron chi connectivity index (χ4n) is 2.10. The molecule has 0 saturated heterocycles. The zero-order valence-electron chi connectivity index (χ0n) is 11.3. The van der Waals surface area contributed by atoms with Gasteiger partial charge < -0.3 is 14.8 Å². The number of carboxylic acids is 1. The molecular weight excluding hydrogens is 246 g/mol. The number of rotatable bonds is 6. The molecule has 19 heavy (non-hydrogen) atoms. The van der Waals surface area contributed by atoms with E-state index in [-0.39, 0.29) is 18.1 Å². The van der Waals surface area contributed by atoms with Crippen LogP contribution in [0.3, 0.4) is 0 Å². The summed E-state index contributed by atoms with van der Waals surface area (Å²) in [6.07, 6.45) is 4.56. The van der Waals surface area contributed by atoms with Gasteiger partial charge in [-0.1, -0.05) is 6.92 Å². The first-order valence-electron chi connectivity index (χ1n) is 6.48. The Morgan fingerprint density at radius 2 is 2.16 bits per heavy atom. The van der Waals surface area contributed by atoms with Crippen LogP contribution >= 0.6 is 0 Å². The summed E-state index contributed by atoms with van der Waals surface area (Å²) in [7, 11) is 0. The number of aryl methyl sites for hydroxylation is 1. The minimum atomic E-state index is -1.01. The van der Waals surface area contributed by atoms with Gasteiger partial charge in [0.2, 0.25) is 0 Å². The van der Waals surface area contributed by atoms with Crippen LogP contribution in [0.25, 0.3) is 0 Å². The largest absolute Gasteiger partial charge is 0.481 e. The molecule has 1 saturated carbocycles. The molecule has 0 aromatic carbocycles. The van der Waals surface area contributed by atoms with Crippen LogP contribution < -0.4 is 5.32 Å². The molecule has 0 atom stereocenters. The average molecular weight is 265 g/mol. The molecule has 104 valence electrons. The number of furan rings is 1. The van der Waals surface area contributed by atoms with Gasteiger partial charge in [-0.05, 0) is 31.6 Å². The third-order valence-electron chi connectivity index (χ3n) is 3.71. The summed E-state index contributed by atoms with van der Waals surface area (Å²) < 4.78 is 5.15. The Labute approximate surface area is 112 Å². The SMILES string of the molecule is Cc1coc(CC(=O)O)c1C(=O)NCCC1(C)CC1. The van der Waals surface area contributed by atoms with Crippen LogP contribution in [0.1, 0.15) is 47.9 Å². The van der Waals surface area contributed by atoms with Crippen LogP contribution in [0.15, 0.2) is 10.7 Å². The van der Waals surface area contributed by atoms with Crippen LogP contribution in [-0.2, 0) is 11.2 Å². The molecule has 1 heterocycles. The summed E-state index contributed by atoms with van der Waals surface area (Å²) in [5.41, 5.74) is 1.43. The molecule has 1 amide bonds. The highest BCUT2D eigenvalue weighted by Crippen LogP contribution is 2.47. The topological polar surface area (TPSA) is 79.5 Å². The predicted octanol–water partition coefficient (Wildman–Crippen LogP) is 2.14. The number of carboxylic acid groups (broad SMARTS) is 1. The van der Waals surface area contributed by atoms with Gasteiger partial charge in [0.15, 0.2) is 0 Å². The molecular formula is C14H19NO4. The summed E-state index contributed by atoms with van der Waals surface area (Å²) >= 11 is 0. The number of nitrogens with one attached hydrogen (secondary N) is 1. The van der Waals surface area contributed by atoms with Crippen molar-refractivity contribution in [3.8, 4) is 0 Å². The maximum atomic E-state index is 12.1. The van der Waals surface area contributed by atoms with E-state index in [4.69, 9.17) is 9.52 Å². The van der Waals surface area contributed by atoms with Crippen molar-refractivity contribution in [2.75, 3.05) is 6.54 Å². The number of carbonyl (C=O) groups is 2. The number of hydrogen-bond acceptors (Lipinski definition) is 3. The quantitative estimate of drug-likeness (QED) is 0.825. The van der Waals surface area contributed by atoms with Crippen molar-refractivity contribution in [2.45, 2.75) is 39.5 Å². The normalized spacial score (nSPS) is 16.1. The second kappa shape index (κ2) is 5.07. The summed E-state index contributed by atoms with van der Waals surface area (Å²) in [5, 5.41) is 11.6. The molecule has 1 aromatic heterocycles. The Hall–Kier alpha value is -1.78. The number of hydrogen-bond donors (Lipinski definition) is 2. The number of carbonyl (C=O) groups excluding carboxylic acids is 1. The van der Waals surface area contributed by atoms with Gasteiger partial charge in [-0.25, -0.2) is 0 Å². The summed E-state index contributed by atoms with van der Waals surface area (Å²) in [6.45, 7) is 4.57. The first-order valence-corrected chi connectivity index (χ1v) is 6.48. The second-order valence-electron chi connectivity index (χ2n) is 5.60. The highest BCUT2D eigenvalue weighted by molar-refractivity contribution is 5.97. The maximum Gasteiger partial charge on any atom is 0.311 e. The van der Waals surface area contributed by atoms with E-state index in [1.807, 2.05) is 0 Å². The fourth-order valence-corrected chi connectivity index (χ4v) is 2.10. The first-order chi connectivity index (χ1) is 8.91. The lowest BCUT2D eigenvalue weighted by molar-refractivity contribution is -0.136. The molecule has 2 N–H and O–H groups in total. The van der Waals surface area contributed by atoms with Crippen molar-refractivity contribution in [1.29, 1.82) is 0 Å². The number of aliphatic carboxylic acids is 1. The van der Waals surface area contributed by atoms with Gasteiger partial charge in [0.05, 0.1) is 11.8 Å². The van der Waals surface area contributed by atoms with E-state index in [9.17, 15) is 9.59 Å². The Morgan fingerprint density at radius 3 is 2.74 bits per heavy atom. The van der Waals surface area contributed by atoms with Gasteiger partial charge in [-0.15, -0.1) is 0 Å². The molecule has 0 unspecified atom stereocenters. The molecule has 0 bridgehead atoms. The molecule has 0 aliphatic heterocycles. The van der Waals surface area contributed by atoms with E-state index in [1.165, 1.54) is 19.1 Å². The van der Waals surface area contributed by atoms with E-state index in [1.54, 1.807) is 6.92 Å². The summed E-state index contributed by atoms with van der Waals surface area (Å²) in [6, 6.07) is 0. The molecule has 0 spiro atoms. The van der Waals surface area contributed by atoms with E-state index in [0.717, 1.165) is 6.42 Å². The lowest BCUT2D eigenvalue weighted by Gasteiger charge is -2.09. The molecule has 1 aromatic rings. The third-order valence-corrected chi connectivity index (χ3v) is 3.71. The molecule has 0 radical (unpaired) electrons. The number of amides is 1. The minimum absolute atomic E-state index is 0.222. The maximum absolute atomic E-state index is 12.1. The Balaban J connectivity index is 1.97. The monoisotopic (exact) mass is 265 g/mol. The van der Waals surface area contributed by atoms with E-state index >= 15 is 0 Å². The van der Waals surface area contributed by atoms with Crippen molar-refractivity contribution < 1.29 is 19.1 Å². The Kier molecular flexibility index (Phi) is 3.64. The highest BCUT2D eigenvalue weighted by Gasteiger charge is 2.36. The third kappa shape index (κ3) is 3.36. The van der Waals surface area contributed by atoms with Gasteiger partial charge in [-0.3, -0.25) is 9.59 Å². The van der Waals surface area contributed by atoms with Crippen molar-refractivity contribution in [3.63, 3.8) is 0 Å². The van der Waals surface area contributed by atoms with Gasteiger partial charge >= 0.3 is 5.97 Å². The van der Waals surface area contributed by atoms with Crippen LogP contribution in [0.5, 0.6) is 0 Å². The van der Waals surface area contributed by atoms with Crippen LogP contribution in [0, 0.1) is 12.3 Å². The second-order valence-corrected chi connectivity index (χ2v) is 5.60. The lowest BCUT2D eigenvalue weighted by Crippen LogP contribution is -2.27. The molecule has 2 rings (SSSR count). The van der Waals surface area contributed by atoms with Crippen LogP contribution in [0.2, 0.25) is 0 Å². The molecule has 1 fully saturated rings. The van der Waals surface area contributed by atoms with Crippen molar-refractivity contribution in [2.24, 2.45) is 5.41 Å². The van der Waals surface area contributed by atoms with Gasteiger partial charge in [0, 0.05) is 12.1 Å². The summed E-state index contributed by atoms with van der Waals surface area (Å²) in [4.78, 5) is 22.8. The van der Waals surface area contributed by atoms with E-state index in [0.29, 0.717) is 23.1 Å². The van der Waals surface area contributed by atoms with Gasteiger partial charge in [0.1, 0.15) is 12.2 Å². The predicted molar refractivity (Wildman–Crippen MR) is 69.1 cm³/mol. The first kappa shape index (κ1) is 13.6. The Morgan fingerprint density at radius 1 is 1.47 bits per heavy atom. The molecule has 5 nitrogen and oxygen atoms in total. The summed E-state index contributed by atoms with van der Waals surface area (Å²) in [5.74, 6) is -1.03. The molecule has 1 aliphatic carbocycles. The van der Waals surface area contributed by atoms with Gasteiger partial charge in [0.25, 0.3) is 5.91 Å².